The van der Waals surface area contributed by atoms with E-state index in [1.54, 1.807) is 10.7 Å². The molecule has 0 saturated heterocycles. The number of pyridine rings is 1. The predicted molar refractivity (Wildman–Crippen MR) is 62.3 cm³/mol. The Kier molecular flexibility index (Phi) is 2.72. The number of nitrogens with one attached hydrogen (secondary N) is 1. The summed E-state index contributed by atoms with van der Waals surface area (Å²) >= 11 is 0. The topological polar surface area (TPSA) is 46.4 Å². The molecule has 0 unspecified atom stereocenters. The van der Waals surface area contributed by atoms with E-state index in [1.165, 1.54) is 0 Å². The van der Waals surface area contributed by atoms with Crippen molar-refractivity contribution in [2.24, 2.45) is 0 Å². The second-order valence-corrected chi connectivity index (χ2v) is 3.73. The zero-order chi connectivity index (χ0) is 11.5. The molecule has 4 nitrogen and oxygen atoms in total. The highest BCUT2D eigenvalue weighted by molar-refractivity contribution is 6.00. The lowest BCUT2D eigenvalue weighted by atomic mass is 10.2. The van der Waals surface area contributed by atoms with Crippen LogP contribution in [0, 0.1) is 0 Å². The van der Waals surface area contributed by atoms with Gasteiger partial charge in [-0.15, -0.1) is 0 Å². The van der Waals surface area contributed by atoms with Gasteiger partial charge in [-0.25, -0.2) is 4.52 Å². The maximum Gasteiger partial charge on any atom is 0.255 e. The van der Waals surface area contributed by atoms with E-state index < -0.39 is 0 Å². The molecule has 4 heteroatoms. The number of hydrogen-bond acceptors (Lipinski definition) is 2. The average Bonchev–Trinajstić information content (AvgIpc) is 2.69. The number of rotatable bonds is 3. The molecule has 0 radical (unpaired) electrons. The molecule has 0 bridgehead atoms. The molecule has 2 aromatic rings. The molecule has 1 amide bonds. The van der Waals surface area contributed by atoms with Crippen LogP contribution in [-0.2, 0) is 0 Å². The van der Waals surface area contributed by atoms with Crippen LogP contribution in [0.4, 0.5) is 0 Å². The Labute approximate surface area is 93.6 Å². The minimum atomic E-state index is -0.121. The number of carbonyl (C=O) groups excluding carboxylic acids is 1. The van der Waals surface area contributed by atoms with E-state index in [-0.39, 0.29) is 5.91 Å². The van der Waals surface area contributed by atoms with Crippen molar-refractivity contribution in [1.82, 2.24) is 14.9 Å². The van der Waals surface area contributed by atoms with E-state index in [1.807, 2.05) is 31.3 Å². The molecular weight excluding hydrogens is 202 g/mol. The Bertz CT molecular complexity index is 542. The van der Waals surface area contributed by atoms with Crippen LogP contribution in [-0.4, -0.2) is 22.1 Å². The molecule has 0 saturated carbocycles. The van der Waals surface area contributed by atoms with E-state index in [0.29, 0.717) is 12.1 Å². The van der Waals surface area contributed by atoms with Gasteiger partial charge in [0, 0.05) is 12.7 Å². The Morgan fingerprint density at radius 1 is 1.56 bits per heavy atom. The minimum Gasteiger partial charge on any atom is -0.348 e. The third kappa shape index (κ3) is 1.95. The summed E-state index contributed by atoms with van der Waals surface area (Å²) < 4.78 is 1.68. The van der Waals surface area contributed by atoms with E-state index in [2.05, 4.69) is 17.0 Å². The fraction of sp³-hybridized carbons (Fsp3) is 0.167. The first-order chi connectivity index (χ1) is 7.68. The van der Waals surface area contributed by atoms with Crippen molar-refractivity contribution in [1.29, 1.82) is 0 Å². The number of fused-ring (bicyclic) bond motifs is 1. The van der Waals surface area contributed by atoms with E-state index in [0.717, 1.165) is 11.1 Å². The maximum absolute atomic E-state index is 11.8. The molecule has 1 N–H and O–H groups in total. The lowest BCUT2D eigenvalue weighted by Gasteiger charge is -2.02. The standard InChI is InChI=1S/C12H13N3O/c1-9(2)7-13-12(16)10-8-14-15-6-4-3-5-11(10)15/h3-6,8H,1,7H2,2H3,(H,13,16). The van der Waals surface area contributed by atoms with Gasteiger partial charge in [0.05, 0.1) is 17.3 Å². The first kappa shape index (κ1) is 10.4. The summed E-state index contributed by atoms with van der Waals surface area (Å²) in [5.74, 6) is -0.121. The molecule has 16 heavy (non-hydrogen) atoms. The second-order valence-electron chi connectivity index (χ2n) is 3.73. The summed E-state index contributed by atoms with van der Waals surface area (Å²) in [6, 6.07) is 5.62. The lowest BCUT2D eigenvalue weighted by Crippen LogP contribution is -2.24. The van der Waals surface area contributed by atoms with E-state index in [9.17, 15) is 4.79 Å². The van der Waals surface area contributed by atoms with Gasteiger partial charge in [0.15, 0.2) is 0 Å². The molecule has 2 heterocycles. The van der Waals surface area contributed by atoms with Crippen LogP contribution in [0.5, 0.6) is 0 Å². The highest BCUT2D eigenvalue weighted by Gasteiger charge is 2.11. The second kappa shape index (κ2) is 4.18. The Morgan fingerprint density at radius 2 is 2.38 bits per heavy atom. The van der Waals surface area contributed by atoms with Gasteiger partial charge < -0.3 is 5.32 Å². The van der Waals surface area contributed by atoms with Crippen molar-refractivity contribution in [2.45, 2.75) is 6.92 Å². The lowest BCUT2D eigenvalue weighted by molar-refractivity contribution is 0.0958. The largest absolute Gasteiger partial charge is 0.348 e. The summed E-state index contributed by atoms with van der Waals surface area (Å²) in [5.41, 5.74) is 2.31. The third-order valence-electron chi connectivity index (χ3n) is 2.22. The number of hydrogen-bond donors (Lipinski definition) is 1. The maximum atomic E-state index is 11.8. The van der Waals surface area contributed by atoms with Crippen molar-refractivity contribution in [2.75, 3.05) is 6.54 Å². The smallest absolute Gasteiger partial charge is 0.255 e. The molecule has 0 aliphatic rings. The molecular formula is C12H13N3O. The van der Waals surface area contributed by atoms with Crippen LogP contribution >= 0.6 is 0 Å². The summed E-state index contributed by atoms with van der Waals surface area (Å²) in [6.07, 6.45) is 3.38. The summed E-state index contributed by atoms with van der Waals surface area (Å²) in [5, 5.41) is 6.89. The first-order valence-electron chi connectivity index (χ1n) is 5.03. The molecule has 0 aliphatic carbocycles. The van der Waals surface area contributed by atoms with Crippen molar-refractivity contribution in [3.63, 3.8) is 0 Å². The predicted octanol–water partition coefficient (Wildman–Crippen LogP) is 1.64. The number of aromatic nitrogens is 2. The van der Waals surface area contributed by atoms with Gasteiger partial charge in [-0.3, -0.25) is 4.79 Å². The van der Waals surface area contributed by atoms with Crippen molar-refractivity contribution in [3.05, 3.63) is 48.3 Å². The average molecular weight is 215 g/mol. The van der Waals surface area contributed by atoms with Gasteiger partial charge in [-0.1, -0.05) is 18.2 Å². The molecule has 0 atom stereocenters. The third-order valence-corrected chi connectivity index (χ3v) is 2.22. The van der Waals surface area contributed by atoms with Gasteiger partial charge in [-0.2, -0.15) is 5.10 Å². The molecule has 0 fully saturated rings. The zero-order valence-electron chi connectivity index (χ0n) is 9.10. The van der Waals surface area contributed by atoms with Crippen LogP contribution in [0.1, 0.15) is 17.3 Å². The van der Waals surface area contributed by atoms with E-state index >= 15 is 0 Å². The van der Waals surface area contributed by atoms with Gasteiger partial charge in [0.2, 0.25) is 0 Å². The zero-order valence-corrected chi connectivity index (χ0v) is 9.10. The molecule has 0 aliphatic heterocycles. The van der Waals surface area contributed by atoms with Gasteiger partial charge in [0.1, 0.15) is 0 Å². The SMILES string of the molecule is C=C(C)CNC(=O)c1cnn2ccccc12. The highest BCUT2D eigenvalue weighted by atomic mass is 16.1. The number of amides is 1. The normalized spacial score (nSPS) is 10.3. The van der Waals surface area contributed by atoms with Gasteiger partial charge in [-0.05, 0) is 19.1 Å². The Morgan fingerprint density at radius 3 is 3.12 bits per heavy atom. The first-order valence-corrected chi connectivity index (χ1v) is 5.03. The van der Waals surface area contributed by atoms with Crippen LogP contribution in [0.2, 0.25) is 0 Å². The monoisotopic (exact) mass is 215 g/mol. The number of nitrogens with zero attached hydrogens (tertiary/aromatic N) is 2. The molecule has 82 valence electrons. The van der Waals surface area contributed by atoms with E-state index in [4.69, 9.17) is 0 Å². The van der Waals surface area contributed by atoms with Gasteiger partial charge >= 0.3 is 0 Å². The molecule has 0 aromatic carbocycles. The van der Waals surface area contributed by atoms with Crippen LogP contribution in [0.3, 0.4) is 0 Å². The van der Waals surface area contributed by atoms with Crippen molar-refractivity contribution >= 4 is 11.4 Å². The minimum absolute atomic E-state index is 0.121. The summed E-state index contributed by atoms with van der Waals surface area (Å²) in [7, 11) is 0. The highest BCUT2D eigenvalue weighted by Crippen LogP contribution is 2.09. The van der Waals surface area contributed by atoms with Crippen molar-refractivity contribution in [3.8, 4) is 0 Å². The fourth-order valence-corrected chi connectivity index (χ4v) is 1.44. The molecule has 2 rings (SSSR count). The Hall–Kier alpha value is -2.10. The number of carbonyl (C=O) groups is 1. The summed E-state index contributed by atoms with van der Waals surface area (Å²) in [4.78, 5) is 11.8. The van der Waals surface area contributed by atoms with Crippen LogP contribution in [0.15, 0.2) is 42.7 Å². The van der Waals surface area contributed by atoms with Crippen molar-refractivity contribution < 1.29 is 4.79 Å². The van der Waals surface area contributed by atoms with Crippen LogP contribution in [0.25, 0.3) is 5.52 Å². The fourth-order valence-electron chi connectivity index (χ4n) is 1.44. The van der Waals surface area contributed by atoms with Gasteiger partial charge in [0.25, 0.3) is 5.91 Å². The molecule has 0 spiro atoms. The Balaban J connectivity index is 2.26. The quantitative estimate of drug-likeness (QED) is 0.791. The molecule has 2 aromatic heterocycles. The van der Waals surface area contributed by atoms with Crippen LogP contribution < -0.4 is 5.32 Å². The summed E-state index contributed by atoms with van der Waals surface area (Å²) in [6.45, 7) is 6.10.